The van der Waals surface area contributed by atoms with Gasteiger partial charge in [-0.05, 0) is 37.4 Å². The van der Waals surface area contributed by atoms with Gasteiger partial charge >= 0.3 is 0 Å². The standard InChI is InChI=1S/C21H27NO2/c1-22-15-9-8-14-21(22,24-17-20-12-6-3-7-13-20)18-23-16-19-10-4-2-5-11-19/h2-7,10-13H,8-9,14-18H2,1H3. The van der Waals surface area contributed by atoms with Gasteiger partial charge in [0, 0.05) is 6.54 Å². The maximum Gasteiger partial charge on any atom is 0.145 e. The highest BCUT2D eigenvalue weighted by atomic mass is 16.6. The molecule has 0 N–H and O–H groups in total. The van der Waals surface area contributed by atoms with Crippen LogP contribution in [0.25, 0.3) is 0 Å². The second kappa shape index (κ2) is 8.43. The molecule has 2 aromatic carbocycles. The van der Waals surface area contributed by atoms with Crippen molar-refractivity contribution < 1.29 is 9.47 Å². The molecule has 0 spiro atoms. The molecule has 1 saturated heterocycles. The molecule has 1 unspecified atom stereocenters. The summed E-state index contributed by atoms with van der Waals surface area (Å²) < 4.78 is 12.5. The normalized spacial score (nSPS) is 21.7. The Bertz CT molecular complexity index is 602. The van der Waals surface area contributed by atoms with Gasteiger partial charge in [-0.1, -0.05) is 60.7 Å². The Morgan fingerprint density at radius 2 is 1.50 bits per heavy atom. The van der Waals surface area contributed by atoms with Crippen molar-refractivity contribution in [2.24, 2.45) is 0 Å². The van der Waals surface area contributed by atoms with Gasteiger partial charge in [0.25, 0.3) is 0 Å². The molecule has 3 rings (SSSR count). The Balaban J connectivity index is 1.61. The summed E-state index contributed by atoms with van der Waals surface area (Å²) >= 11 is 0. The summed E-state index contributed by atoms with van der Waals surface area (Å²) in [6.07, 6.45) is 3.44. The lowest BCUT2D eigenvalue weighted by Crippen LogP contribution is -2.54. The molecule has 128 valence electrons. The largest absolute Gasteiger partial charge is 0.372 e. The predicted molar refractivity (Wildman–Crippen MR) is 96.5 cm³/mol. The molecule has 0 radical (unpaired) electrons. The predicted octanol–water partition coefficient (Wildman–Crippen LogP) is 4.23. The van der Waals surface area contributed by atoms with E-state index in [0.717, 1.165) is 13.0 Å². The van der Waals surface area contributed by atoms with Crippen LogP contribution in [-0.2, 0) is 22.7 Å². The zero-order valence-electron chi connectivity index (χ0n) is 14.5. The lowest BCUT2D eigenvalue weighted by molar-refractivity contribution is -0.206. The Morgan fingerprint density at radius 3 is 2.12 bits per heavy atom. The van der Waals surface area contributed by atoms with E-state index in [1.165, 1.54) is 24.0 Å². The van der Waals surface area contributed by atoms with Gasteiger partial charge in [0.05, 0.1) is 19.8 Å². The number of piperidine rings is 1. The second-order valence-electron chi connectivity index (χ2n) is 6.58. The minimum Gasteiger partial charge on any atom is -0.372 e. The average Bonchev–Trinajstić information content (AvgIpc) is 2.64. The van der Waals surface area contributed by atoms with Crippen molar-refractivity contribution in [3.05, 3.63) is 71.8 Å². The fourth-order valence-electron chi connectivity index (χ4n) is 3.25. The molecule has 1 atom stereocenters. The van der Waals surface area contributed by atoms with Crippen LogP contribution < -0.4 is 0 Å². The molecule has 0 aliphatic carbocycles. The van der Waals surface area contributed by atoms with Crippen molar-refractivity contribution in [3.63, 3.8) is 0 Å². The number of benzene rings is 2. The van der Waals surface area contributed by atoms with Crippen LogP contribution in [0.15, 0.2) is 60.7 Å². The minimum atomic E-state index is -0.317. The van der Waals surface area contributed by atoms with Crippen LogP contribution in [0.3, 0.4) is 0 Å². The molecule has 2 aromatic rings. The second-order valence-corrected chi connectivity index (χ2v) is 6.58. The molecule has 1 aliphatic rings. The maximum absolute atomic E-state index is 6.41. The van der Waals surface area contributed by atoms with Gasteiger partial charge in [-0.2, -0.15) is 0 Å². The number of nitrogens with zero attached hydrogens (tertiary/aromatic N) is 1. The van der Waals surface area contributed by atoms with E-state index < -0.39 is 0 Å². The van der Waals surface area contributed by atoms with E-state index in [0.29, 0.717) is 19.8 Å². The van der Waals surface area contributed by atoms with Crippen LogP contribution in [0.5, 0.6) is 0 Å². The van der Waals surface area contributed by atoms with Crippen molar-refractivity contribution in [1.29, 1.82) is 0 Å². The van der Waals surface area contributed by atoms with Crippen molar-refractivity contribution >= 4 is 0 Å². The van der Waals surface area contributed by atoms with Gasteiger partial charge < -0.3 is 9.47 Å². The van der Waals surface area contributed by atoms with E-state index in [1.54, 1.807) is 0 Å². The van der Waals surface area contributed by atoms with E-state index in [2.05, 4.69) is 48.3 Å². The first-order chi connectivity index (χ1) is 11.8. The van der Waals surface area contributed by atoms with Gasteiger partial charge in [-0.3, -0.25) is 4.90 Å². The topological polar surface area (TPSA) is 21.7 Å². The molecule has 0 aromatic heterocycles. The third-order valence-electron chi connectivity index (χ3n) is 4.80. The van der Waals surface area contributed by atoms with Gasteiger partial charge in [-0.25, -0.2) is 0 Å². The van der Waals surface area contributed by atoms with E-state index in [4.69, 9.17) is 9.47 Å². The Kier molecular flexibility index (Phi) is 6.02. The van der Waals surface area contributed by atoms with Gasteiger partial charge in [-0.15, -0.1) is 0 Å². The molecule has 1 heterocycles. The highest BCUT2D eigenvalue weighted by Gasteiger charge is 2.38. The first-order valence-corrected chi connectivity index (χ1v) is 8.79. The third-order valence-corrected chi connectivity index (χ3v) is 4.80. The molecule has 1 aliphatic heterocycles. The molecule has 3 nitrogen and oxygen atoms in total. The Morgan fingerprint density at radius 1 is 0.875 bits per heavy atom. The van der Waals surface area contributed by atoms with E-state index in [-0.39, 0.29) is 5.72 Å². The highest BCUT2D eigenvalue weighted by molar-refractivity contribution is 5.14. The van der Waals surface area contributed by atoms with Crippen molar-refractivity contribution in [3.8, 4) is 0 Å². The molecular formula is C21H27NO2. The monoisotopic (exact) mass is 325 g/mol. The quantitative estimate of drug-likeness (QED) is 0.760. The third kappa shape index (κ3) is 4.44. The molecule has 24 heavy (non-hydrogen) atoms. The van der Waals surface area contributed by atoms with Crippen molar-refractivity contribution in [2.45, 2.75) is 38.2 Å². The summed E-state index contributed by atoms with van der Waals surface area (Å²) in [5, 5.41) is 0. The van der Waals surface area contributed by atoms with E-state index in [9.17, 15) is 0 Å². The lowest BCUT2D eigenvalue weighted by atomic mass is 9.99. The van der Waals surface area contributed by atoms with E-state index in [1.807, 2.05) is 24.3 Å². The van der Waals surface area contributed by atoms with Gasteiger partial charge in [0.2, 0.25) is 0 Å². The first kappa shape index (κ1) is 17.2. The number of hydrogen-bond acceptors (Lipinski definition) is 3. The first-order valence-electron chi connectivity index (χ1n) is 8.79. The Labute approximate surface area is 145 Å². The van der Waals surface area contributed by atoms with E-state index >= 15 is 0 Å². The molecule has 1 fully saturated rings. The zero-order valence-corrected chi connectivity index (χ0v) is 14.5. The zero-order chi connectivity index (χ0) is 16.7. The maximum atomic E-state index is 6.41. The summed E-state index contributed by atoms with van der Waals surface area (Å²) in [6.45, 7) is 2.92. The fourth-order valence-corrected chi connectivity index (χ4v) is 3.25. The van der Waals surface area contributed by atoms with Crippen LogP contribution in [0.4, 0.5) is 0 Å². The van der Waals surface area contributed by atoms with Crippen LogP contribution >= 0.6 is 0 Å². The number of rotatable bonds is 7. The number of ether oxygens (including phenoxy) is 2. The SMILES string of the molecule is CN1CCCCC1(COCc1ccccc1)OCc1ccccc1. The summed E-state index contributed by atoms with van der Waals surface area (Å²) in [4.78, 5) is 2.32. The van der Waals surface area contributed by atoms with Gasteiger partial charge in [0.1, 0.15) is 5.72 Å². The number of likely N-dealkylation sites (tertiary alicyclic amines) is 1. The van der Waals surface area contributed by atoms with Crippen LogP contribution in [0, 0.1) is 0 Å². The molecular weight excluding hydrogens is 298 g/mol. The molecule has 0 bridgehead atoms. The number of likely N-dealkylation sites (N-methyl/N-ethyl adjacent to an activating group) is 1. The molecule has 0 amide bonds. The molecule has 0 saturated carbocycles. The smallest absolute Gasteiger partial charge is 0.145 e. The summed E-state index contributed by atoms with van der Waals surface area (Å²) in [7, 11) is 2.15. The molecule has 3 heteroatoms. The minimum absolute atomic E-state index is 0.317. The number of hydrogen-bond donors (Lipinski definition) is 0. The highest BCUT2D eigenvalue weighted by Crippen LogP contribution is 2.30. The van der Waals surface area contributed by atoms with Crippen molar-refractivity contribution in [2.75, 3.05) is 20.2 Å². The van der Waals surface area contributed by atoms with Crippen LogP contribution in [-0.4, -0.2) is 30.8 Å². The van der Waals surface area contributed by atoms with Crippen LogP contribution in [0.2, 0.25) is 0 Å². The fraction of sp³-hybridized carbons (Fsp3) is 0.429. The Hall–Kier alpha value is -1.68. The lowest BCUT2D eigenvalue weighted by Gasteiger charge is -2.44. The van der Waals surface area contributed by atoms with Crippen LogP contribution in [0.1, 0.15) is 30.4 Å². The average molecular weight is 325 g/mol. The summed E-state index contributed by atoms with van der Waals surface area (Å²) in [6, 6.07) is 20.7. The van der Waals surface area contributed by atoms with Gasteiger partial charge in [0.15, 0.2) is 0 Å². The summed E-state index contributed by atoms with van der Waals surface area (Å²) in [5.74, 6) is 0. The van der Waals surface area contributed by atoms with Crippen molar-refractivity contribution in [1.82, 2.24) is 4.90 Å². The summed E-state index contributed by atoms with van der Waals surface area (Å²) in [5.41, 5.74) is 2.09.